The van der Waals surface area contributed by atoms with Crippen LogP contribution >= 0.6 is 0 Å². The van der Waals surface area contributed by atoms with E-state index in [0.29, 0.717) is 11.5 Å². The van der Waals surface area contributed by atoms with Gasteiger partial charge in [0, 0.05) is 26.2 Å². The third kappa shape index (κ3) is 4.99. The normalized spacial score (nSPS) is 17.3. The summed E-state index contributed by atoms with van der Waals surface area (Å²) in [5.74, 6) is 1.93. The number of hydrogen-bond donors (Lipinski definition) is 1. The van der Waals surface area contributed by atoms with Crippen LogP contribution in [0.4, 0.5) is 17.8 Å². The molecule has 2 aromatic rings. The molecule has 29 heavy (non-hydrogen) atoms. The lowest BCUT2D eigenvalue weighted by molar-refractivity contribution is 0.556. The van der Waals surface area contributed by atoms with E-state index in [2.05, 4.69) is 36.4 Å². The van der Waals surface area contributed by atoms with Crippen molar-refractivity contribution in [2.45, 2.75) is 38.5 Å². The number of rotatable bonds is 5. The van der Waals surface area contributed by atoms with Crippen molar-refractivity contribution in [3.8, 4) is 6.07 Å². The third-order valence-corrected chi connectivity index (χ3v) is 5.31. The Morgan fingerprint density at radius 2 is 1.38 bits per heavy atom. The second kappa shape index (κ2) is 9.32. The summed E-state index contributed by atoms with van der Waals surface area (Å²) in [6.07, 6.45) is 8.91. The minimum atomic E-state index is 0.464. The van der Waals surface area contributed by atoms with E-state index in [-0.39, 0.29) is 0 Å². The predicted octanol–water partition coefficient (Wildman–Crippen LogP) is 3.17. The van der Waals surface area contributed by atoms with Gasteiger partial charge in [-0.1, -0.05) is 12.1 Å². The number of hydrogen-bond acceptors (Lipinski definition) is 8. The molecule has 0 radical (unpaired) electrons. The molecule has 2 aliphatic heterocycles. The molecule has 8 heteroatoms. The van der Waals surface area contributed by atoms with Crippen LogP contribution in [0.2, 0.25) is 0 Å². The van der Waals surface area contributed by atoms with Crippen molar-refractivity contribution in [3.63, 3.8) is 0 Å². The Kier molecular flexibility index (Phi) is 6.15. The van der Waals surface area contributed by atoms with E-state index in [0.717, 1.165) is 43.6 Å². The molecule has 4 rings (SSSR count). The Morgan fingerprint density at radius 3 is 1.90 bits per heavy atom. The van der Waals surface area contributed by atoms with Crippen LogP contribution in [0.15, 0.2) is 29.4 Å². The van der Waals surface area contributed by atoms with E-state index in [1.807, 2.05) is 12.1 Å². The molecule has 0 spiro atoms. The molecule has 2 fully saturated rings. The average Bonchev–Trinajstić information content (AvgIpc) is 2.80. The van der Waals surface area contributed by atoms with Crippen molar-refractivity contribution < 1.29 is 0 Å². The Morgan fingerprint density at radius 1 is 0.828 bits per heavy atom. The van der Waals surface area contributed by atoms with Crippen molar-refractivity contribution >= 4 is 24.1 Å². The minimum Gasteiger partial charge on any atom is -0.341 e. The number of anilines is 3. The maximum absolute atomic E-state index is 8.89. The van der Waals surface area contributed by atoms with Crippen molar-refractivity contribution in [1.82, 2.24) is 15.0 Å². The number of aromatic nitrogens is 3. The Labute approximate surface area is 171 Å². The van der Waals surface area contributed by atoms with Crippen LogP contribution in [0, 0.1) is 11.3 Å². The molecule has 2 aliphatic rings. The molecule has 8 nitrogen and oxygen atoms in total. The highest BCUT2D eigenvalue weighted by atomic mass is 15.4. The average molecular weight is 390 g/mol. The molecular weight excluding hydrogens is 364 g/mol. The summed E-state index contributed by atoms with van der Waals surface area (Å²) in [7, 11) is 0. The van der Waals surface area contributed by atoms with E-state index < -0.39 is 0 Å². The SMILES string of the molecule is N#Cc1ccc(/C=N/Nc2nc(N3CCCCC3)nc(N3CCCCC3)n2)cc1. The first kappa shape index (κ1) is 19.1. The predicted molar refractivity (Wildman–Crippen MR) is 114 cm³/mol. The third-order valence-electron chi connectivity index (χ3n) is 5.31. The molecule has 3 heterocycles. The van der Waals surface area contributed by atoms with E-state index in [1.165, 1.54) is 38.5 Å². The number of hydrazone groups is 1. The van der Waals surface area contributed by atoms with Gasteiger partial charge in [-0.2, -0.15) is 25.3 Å². The van der Waals surface area contributed by atoms with E-state index in [4.69, 9.17) is 10.2 Å². The first-order valence-electron chi connectivity index (χ1n) is 10.4. The van der Waals surface area contributed by atoms with Crippen molar-refractivity contribution in [2.24, 2.45) is 5.10 Å². The van der Waals surface area contributed by atoms with Gasteiger partial charge in [0.25, 0.3) is 0 Å². The van der Waals surface area contributed by atoms with Gasteiger partial charge in [0.1, 0.15) is 0 Å². The maximum atomic E-state index is 8.89. The fourth-order valence-corrected chi connectivity index (χ4v) is 3.68. The van der Waals surface area contributed by atoms with Crippen LogP contribution in [-0.2, 0) is 0 Å². The number of piperidine rings is 2. The van der Waals surface area contributed by atoms with Gasteiger partial charge in [-0.05, 0) is 56.2 Å². The lowest BCUT2D eigenvalue weighted by Crippen LogP contribution is -2.34. The number of nitrogens with zero attached hydrogens (tertiary/aromatic N) is 7. The standard InChI is InChI=1S/C21H26N8/c22-15-17-7-9-18(10-8-17)16-23-27-19-24-20(28-11-3-1-4-12-28)26-21(25-19)29-13-5-2-6-14-29/h7-10,16H,1-6,11-14H2,(H,24,25,26,27)/b23-16+. The molecule has 1 aromatic heterocycles. The molecule has 0 bridgehead atoms. The van der Waals surface area contributed by atoms with Gasteiger partial charge in [-0.25, -0.2) is 5.43 Å². The zero-order valence-corrected chi connectivity index (χ0v) is 16.6. The summed E-state index contributed by atoms with van der Waals surface area (Å²) in [6.45, 7) is 3.93. The van der Waals surface area contributed by atoms with Crippen LogP contribution in [0.5, 0.6) is 0 Å². The quantitative estimate of drug-likeness (QED) is 0.619. The molecule has 1 N–H and O–H groups in total. The lowest BCUT2D eigenvalue weighted by atomic mass is 10.1. The molecule has 0 saturated carbocycles. The molecule has 0 amide bonds. The minimum absolute atomic E-state index is 0.464. The second-order valence-electron chi connectivity index (χ2n) is 7.46. The van der Waals surface area contributed by atoms with Crippen molar-refractivity contribution in [3.05, 3.63) is 35.4 Å². The van der Waals surface area contributed by atoms with Gasteiger partial charge in [-0.3, -0.25) is 0 Å². The van der Waals surface area contributed by atoms with E-state index >= 15 is 0 Å². The summed E-state index contributed by atoms with van der Waals surface area (Å²) in [4.78, 5) is 18.5. The van der Waals surface area contributed by atoms with Gasteiger partial charge in [0.15, 0.2) is 0 Å². The van der Waals surface area contributed by atoms with Crippen molar-refractivity contribution in [1.29, 1.82) is 5.26 Å². The molecule has 2 saturated heterocycles. The molecule has 0 aliphatic carbocycles. The number of nitriles is 1. The van der Waals surface area contributed by atoms with E-state index in [9.17, 15) is 0 Å². The monoisotopic (exact) mass is 390 g/mol. The summed E-state index contributed by atoms with van der Waals surface area (Å²) in [5.41, 5.74) is 4.50. The largest absolute Gasteiger partial charge is 0.341 e. The zero-order chi connectivity index (χ0) is 19.9. The Hall–Kier alpha value is -3.21. The van der Waals surface area contributed by atoms with Crippen molar-refractivity contribution in [2.75, 3.05) is 41.4 Å². The van der Waals surface area contributed by atoms with Crippen LogP contribution in [0.1, 0.15) is 49.7 Å². The Bertz CT molecular complexity index is 838. The fraction of sp³-hybridized carbons (Fsp3) is 0.476. The highest BCUT2D eigenvalue weighted by Gasteiger charge is 2.20. The molecule has 1 aromatic carbocycles. The van der Waals surface area contributed by atoms with Crippen LogP contribution < -0.4 is 15.2 Å². The molecule has 150 valence electrons. The fourth-order valence-electron chi connectivity index (χ4n) is 3.68. The van der Waals surface area contributed by atoms with Gasteiger partial charge in [0.2, 0.25) is 17.8 Å². The van der Waals surface area contributed by atoms with Gasteiger partial charge >= 0.3 is 0 Å². The topological polar surface area (TPSA) is 93.3 Å². The van der Waals surface area contributed by atoms with Crippen LogP contribution in [0.25, 0.3) is 0 Å². The van der Waals surface area contributed by atoms with Crippen LogP contribution in [-0.4, -0.2) is 47.3 Å². The summed E-state index contributed by atoms with van der Waals surface area (Å²) in [6, 6.07) is 9.37. The Balaban J connectivity index is 1.53. The van der Waals surface area contributed by atoms with Gasteiger partial charge < -0.3 is 9.80 Å². The highest BCUT2D eigenvalue weighted by Crippen LogP contribution is 2.22. The molecule has 0 atom stereocenters. The summed E-state index contributed by atoms with van der Waals surface area (Å²) < 4.78 is 0. The first-order valence-corrected chi connectivity index (χ1v) is 10.4. The van der Waals surface area contributed by atoms with Gasteiger partial charge in [-0.15, -0.1) is 0 Å². The first-order chi connectivity index (χ1) is 14.3. The number of benzene rings is 1. The lowest BCUT2D eigenvalue weighted by Gasteiger charge is -2.30. The zero-order valence-electron chi connectivity index (χ0n) is 16.6. The van der Waals surface area contributed by atoms with E-state index in [1.54, 1.807) is 18.3 Å². The maximum Gasteiger partial charge on any atom is 0.250 e. The van der Waals surface area contributed by atoms with Crippen LogP contribution in [0.3, 0.4) is 0 Å². The summed E-state index contributed by atoms with van der Waals surface area (Å²) >= 11 is 0. The molecular formula is C21H26N8. The second-order valence-corrected chi connectivity index (χ2v) is 7.46. The number of nitrogens with one attached hydrogen (secondary N) is 1. The van der Waals surface area contributed by atoms with Gasteiger partial charge in [0.05, 0.1) is 17.8 Å². The summed E-state index contributed by atoms with van der Waals surface area (Å²) in [5, 5.41) is 13.2. The molecule has 0 unspecified atom stereocenters. The highest BCUT2D eigenvalue weighted by molar-refractivity contribution is 5.80. The smallest absolute Gasteiger partial charge is 0.250 e.